The SMILES string of the molecule is CN=C(NCCCOC1CCCC1)NCc1ccc(C)s1.I. The van der Waals surface area contributed by atoms with Crippen molar-refractivity contribution in [3.05, 3.63) is 21.9 Å². The summed E-state index contributed by atoms with van der Waals surface area (Å²) in [5.74, 6) is 0.863. The molecule has 0 radical (unpaired) electrons. The van der Waals surface area contributed by atoms with Gasteiger partial charge in [0.25, 0.3) is 0 Å². The Kier molecular flexibility index (Phi) is 10.1. The summed E-state index contributed by atoms with van der Waals surface area (Å²) in [5, 5.41) is 6.67. The van der Waals surface area contributed by atoms with Gasteiger partial charge in [-0.2, -0.15) is 0 Å². The summed E-state index contributed by atoms with van der Waals surface area (Å²) in [6.45, 7) is 4.71. The molecule has 1 aliphatic rings. The number of ether oxygens (including phenoxy) is 1. The van der Waals surface area contributed by atoms with E-state index in [4.69, 9.17) is 4.74 Å². The molecule has 0 aliphatic heterocycles. The van der Waals surface area contributed by atoms with Crippen LogP contribution >= 0.6 is 35.3 Å². The third kappa shape index (κ3) is 7.28. The number of hydrogen-bond acceptors (Lipinski definition) is 3. The molecule has 2 rings (SSSR count). The molecule has 1 aromatic rings. The third-order valence-corrected chi connectivity index (χ3v) is 4.72. The zero-order valence-corrected chi connectivity index (χ0v) is 16.7. The number of halogens is 1. The highest BCUT2D eigenvalue weighted by atomic mass is 127. The van der Waals surface area contributed by atoms with Gasteiger partial charge in [0, 0.05) is 30.0 Å². The Hall–Kier alpha value is -0.340. The van der Waals surface area contributed by atoms with Gasteiger partial charge < -0.3 is 15.4 Å². The molecule has 0 bridgehead atoms. The molecule has 2 N–H and O–H groups in total. The number of thiophene rings is 1. The number of nitrogens with one attached hydrogen (secondary N) is 2. The van der Waals surface area contributed by atoms with E-state index in [1.54, 1.807) is 0 Å². The van der Waals surface area contributed by atoms with Crippen molar-refractivity contribution in [2.45, 2.75) is 51.7 Å². The lowest BCUT2D eigenvalue weighted by Crippen LogP contribution is -2.37. The van der Waals surface area contributed by atoms with Crippen molar-refractivity contribution < 1.29 is 4.74 Å². The van der Waals surface area contributed by atoms with Gasteiger partial charge in [-0.05, 0) is 38.3 Å². The van der Waals surface area contributed by atoms with Crippen molar-refractivity contribution >= 4 is 41.3 Å². The van der Waals surface area contributed by atoms with Gasteiger partial charge in [-0.3, -0.25) is 4.99 Å². The van der Waals surface area contributed by atoms with Crippen LogP contribution in [0.25, 0.3) is 0 Å². The normalized spacial score (nSPS) is 15.6. The molecular formula is C16H28IN3OS. The fourth-order valence-electron chi connectivity index (χ4n) is 2.56. The molecule has 0 aromatic carbocycles. The highest BCUT2D eigenvalue weighted by molar-refractivity contribution is 14.0. The van der Waals surface area contributed by atoms with Crippen LogP contribution in [-0.4, -0.2) is 32.3 Å². The number of aliphatic imine (C=N–C) groups is 1. The average Bonchev–Trinajstić information content (AvgIpc) is 3.13. The third-order valence-electron chi connectivity index (χ3n) is 3.72. The smallest absolute Gasteiger partial charge is 0.191 e. The van der Waals surface area contributed by atoms with Crippen LogP contribution in [-0.2, 0) is 11.3 Å². The zero-order chi connectivity index (χ0) is 14.9. The Labute approximate surface area is 155 Å². The molecule has 1 aliphatic carbocycles. The maximum atomic E-state index is 5.85. The molecule has 4 nitrogen and oxygen atoms in total. The number of rotatable bonds is 7. The predicted molar refractivity (Wildman–Crippen MR) is 105 cm³/mol. The molecule has 0 atom stereocenters. The van der Waals surface area contributed by atoms with Crippen molar-refractivity contribution in [3.8, 4) is 0 Å². The van der Waals surface area contributed by atoms with Crippen LogP contribution in [0.5, 0.6) is 0 Å². The van der Waals surface area contributed by atoms with Crippen molar-refractivity contribution in [1.29, 1.82) is 0 Å². The molecular weight excluding hydrogens is 409 g/mol. The lowest BCUT2D eigenvalue weighted by Gasteiger charge is -2.13. The van der Waals surface area contributed by atoms with Crippen molar-refractivity contribution in [2.75, 3.05) is 20.2 Å². The Bertz CT molecular complexity index is 444. The first-order valence-electron chi connectivity index (χ1n) is 7.89. The van der Waals surface area contributed by atoms with Gasteiger partial charge in [-0.25, -0.2) is 0 Å². The number of hydrogen-bond donors (Lipinski definition) is 2. The molecule has 1 saturated carbocycles. The lowest BCUT2D eigenvalue weighted by atomic mass is 10.3. The first-order chi connectivity index (χ1) is 10.3. The van der Waals surface area contributed by atoms with Crippen LogP contribution in [0.4, 0.5) is 0 Å². The largest absolute Gasteiger partial charge is 0.378 e. The van der Waals surface area contributed by atoms with Gasteiger partial charge in [0.05, 0.1) is 12.6 Å². The van der Waals surface area contributed by atoms with E-state index in [0.29, 0.717) is 6.10 Å². The predicted octanol–water partition coefficient (Wildman–Crippen LogP) is 3.69. The molecule has 0 spiro atoms. The van der Waals surface area contributed by atoms with Gasteiger partial charge in [-0.1, -0.05) is 12.8 Å². The second-order valence-corrected chi connectivity index (χ2v) is 6.87. The van der Waals surface area contributed by atoms with Gasteiger partial charge >= 0.3 is 0 Å². The van der Waals surface area contributed by atoms with E-state index in [1.807, 2.05) is 18.4 Å². The molecule has 1 aromatic heterocycles. The molecule has 0 saturated heterocycles. The van der Waals surface area contributed by atoms with E-state index in [-0.39, 0.29) is 24.0 Å². The summed E-state index contributed by atoms with van der Waals surface area (Å²) in [4.78, 5) is 6.92. The van der Waals surface area contributed by atoms with Gasteiger partial charge in [-0.15, -0.1) is 35.3 Å². The van der Waals surface area contributed by atoms with E-state index in [0.717, 1.165) is 32.1 Å². The molecule has 1 heterocycles. The van der Waals surface area contributed by atoms with Crippen LogP contribution in [0.2, 0.25) is 0 Å². The van der Waals surface area contributed by atoms with Crippen LogP contribution in [0.1, 0.15) is 41.9 Å². The van der Waals surface area contributed by atoms with E-state index >= 15 is 0 Å². The number of guanidine groups is 1. The van der Waals surface area contributed by atoms with Gasteiger partial charge in [0.2, 0.25) is 0 Å². The molecule has 0 amide bonds. The minimum atomic E-state index is 0. The minimum absolute atomic E-state index is 0. The first-order valence-corrected chi connectivity index (χ1v) is 8.71. The Morgan fingerprint density at radius 1 is 1.32 bits per heavy atom. The van der Waals surface area contributed by atoms with Crippen molar-refractivity contribution in [2.24, 2.45) is 4.99 Å². The molecule has 6 heteroatoms. The minimum Gasteiger partial charge on any atom is -0.378 e. The quantitative estimate of drug-likeness (QED) is 0.296. The van der Waals surface area contributed by atoms with E-state index in [1.165, 1.54) is 35.4 Å². The monoisotopic (exact) mass is 437 g/mol. The Morgan fingerprint density at radius 2 is 2.09 bits per heavy atom. The van der Waals surface area contributed by atoms with E-state index in [2.05, 4.69) is 34.7 Å². The Balaban J connectivity index is 0.00000242. The summed E-state index contributed by atoms with van der Waals surface area (Å²) in [6.07, 6.45) is 6.70. The second kappa shape index (κ2) is 11.2. The summed E-state index contributed by atoms with van der Waals surface area (Å²) in [6, 6.07) is 4.31. The van der Waals surface area contributed by atoms with Crippen LogP contribution in [0.15, 0.2) is 17.1 Å². The summed E-state index contributed by atoms with van der Waals surface area (Å²) >= 11 is 1.82. The molecule has 22 heavy (non-hydrogen) atoms. The Morgan fingerprint density at radius 3 is 2.73 bits per heavy atom. The summed E-state index contributed by atoms with van der Waals surface area (Å²) < 4.78 is 5.85. The van der Waals surface area contributed by atoms with Crippen LogP contribution in [0.3, 0.4) is 0 Å². The number of nitrogens with zero attached hydrogens (tertiary/aromatic N) is 1. The van der Waals surface area contributed by atoms with Crippen molar-refractivity contribution in [1.82, 2.24) is 10.6 Å². The maximum Gasteiger partial charge on any atom is 0.191 e. The fourth-order valence-corrected chi connectivity index (χ4v) is 3.39. The average molecular weight is 437 g/mol. The zero-order valence-electron chi connectivity index (χ0n) is 13.6. The van der Waals surface area contributed by atoms with Gasteiger partial charge in [0.15, 0.2) is 5.96 Å². The fraction of sp³-hybridized carbons (Fsp3) is 0.688. The topological polar surface area (TPSA) is 45.7 Å². The standard InChI is InChI=1S/C16H27N3OS.HI/c1-13-8-9-15(21-13)12-19-16(17-2)18-10-5-11-20-14-6-3-4-7-14;/h8-9,14H,3-7,10-12H2,1-2H3,(H2,17,18,19);1H. The molecule has 126 valence electrons. The first kappa shape index (κ1) is 19.7. The maximum absolute atomic E-state index is 5.85. The lowest BCUT2D eigenvalue weighted by molar-refractivity contribution is 0.0574. The molecule has 1 fully saturated rings. The van der Waals surface area contributed by atoms with Crippen LogP contribution in [0, 0.1) is 6.92 Å². The summed E-state index contributed by atoms with van der Waals surface area (Å²) in [7, 11) is 1.81. The second-order valence-electron chi connectivity index (χ2n) is 5.50. The van der Waals surface area contributed by atoms with Crippen molar-refractivity contribution in [3.63, 3.8) is 0 Å². The highest BCUT2D eigenvalue weighted by Gasteiger charge is 2.14. The summed E-state index contributed by atoms with van der Waals surface area (Å²) in [5.41, 5.74) is 0. The van der Waals surface area contributed by atoms with Gasteiger partial charge in [0.1, 0.15) is 0 Å². The molecule has 0 unspecified atom stereocenters. The number of aryl methyl sites for hydroxylation is 1. The van der Waals surface area contributed by atoms with E-state index in [9.17, 15) is 0 Å². The van der Waals surface area contributed by atoms with Crippen LogP contribution < -0.4 is 10.6 Å². The van der Waals surface area contributed by atoms with E-state index < -0.39 is 0 Å². The highest BCUT2D eigenvalue weighted by Crippen LogP contribution is 2.20.